The fourth-order valence-electron chi connectivity index (χ4n) is 2.56. The molecule has 0 bridgehead atoms. The third-order valence-corrected chi connectivity index (χ3v) is 5.18. The maximum atomic E-state index is 11.8. The third-order valence-electron chi connectivity index (χ3n) is 4.18. The van der Waals surface area contributed by atoms with E-state index in [1.807, 2.05) is 13.0 Å². The van der Waals surface area contributed by atoms with Crippen molar-refractivity contribution in [2.75, 3.05) is 13.1 Å². The van der Waals surface area contributed by atoms with Crippen molar-refractivity contribution in [2.24, 2.45) is 10.4 Å². The van der Waals surface area contributed by atoms with Crippen molar-refractivity contribution >= 4 is 27.9 Å². The van der Waals surface area contributed by atoms with Crippen LogP contribution in [0, 0.1) is 19.3 Å². The number of nitrogens with one attached hydrogen (secondary N) is 1. The summed E-state index contributed by atoms with van der Waals surface area (Å²) in [5.41, 5.74) is 3.91. The van der Waals surface area contributed by atoms with E-state index in [4.69, 9.17) is 4.42 Å². The number of thioether (sulfide) groups is 1. The Morgan fingerprint density at radius 1 is 1.26 bits per heavy atom. The Balaban J connectivity index is 1.87. The molecule has 1 aromatic heterocycles. The van der Waals surface area contributed by atoms with Crippen LogP contribution in [0.25, 0.3) is 11.0 Å². The van der Waals surface area contributed by atoms with Gasteiger partial charge in [0, 0.05) is 35.7 Å². The minimum atomic E-state index is -0.295. The first kappa shape index (κ1) is 16.1. The van der Waals surface area contributed by atoms with Gasteiger partial charge in [-0.15, -0.1) is 0 Å². The van der Waals surface area contributed by atoms with Gasteiger partial charge >= 0.3 is 5.63 Å². The number of fused-ring (bicyclic) bond motifs is 1. The number of amidine groups is 1. The zero-order chi connectivity index (χ0) is 16.6. The first-order valence-electron chi connectivity index (χ1n) is 7.79. The SMILES string of the molecule is Cc1cc2oc(=O)cc(CSC3=NCC(C)(C)CN3)c2cc1C. The quantitative estimate of drug-likeness (QED) is 0.854. The van der Waals surface area contributed by atoms with Gasteiger partial charge in [-0.1, -0.05) is 25.6 Å². The first-order chi connectivity index (χ1) is 10.8. The van der Waals surface area contributed by atoms with E-state index < -0.39 is 0 Å². The third kappa shape index (κ3) is 3.61. The van der Waals surface area contributed by atoms with Crippen LogP contribution in [0.2, 0.25) is 0 Å². The summed E-state index contributed by atoms with van der Waals surface area (Å²) in [5.74, 6) is 0.705. The van der Waals surface area contributed by atoms with Crippen molar-refractivity contribution in [3.63, 3.8) is 0 Å². The average molecular weight is 330 g/mol. The molecule has 2 heterocycles. The number of benzene rings is 1. The lowest BCUT2D eigenvalue weighted by Crippen LogP contribution is -2.39. The van der Waals surface area contributed by atoms with E-state index in [0.29, 0.717) is 11.3 Å². The Morgan fingerprint density at radius 2 is 2.00 bits per heavy atom. The molecule has 1 aliphatic heterocycles. The van der Waals surface area contributed by atoms with Crippen molar-refractivity contribution < 1.29 is 4.42 Å². The van der Waals surface area contributed by atoms with E-state index in [0.717, 1.165) is 34.8 Å². The van der Waals surface area contributed by atoms with Gasteiger partial charge in [0.25, 0.3) is 0 Å². The average Bonchev–Trinajstić information content (AvgIpc) is 2.48. The summed E-state index contributed by atoms with van der Waals surface area (Å²) >= 11 is 1.64. The van der Waals surface area contributed by atoms with E-state index in [1.54, 1.807) is 17.8 Å². The zero-order valence-electron chi connectivity index (χ0n) is 14.0. The molecule has 2 aromatic rings. The Labute approximate surface area is 140 Å². The zero-order valence-corrected chi connectivity index (χ0v) is 14.8. The highest BCUT2D eigenvalue weighted by Crippen LogP contribution is 2.26. The smallest absolute Gasteiger partial charge is 0.336 e. The van der Waals surface area contributed by atoms with Gasteiger partial charge in [0.1, 0.15) is 5.58 Å². The van der Waals surface area contributed by atoms with Crippen molar-refractivity contribution in [1.29, 1.82) is 0 Å². The molecule has 0 radical (unpaired) electrons. The first-order valence-corrected chi connectivity index (χ1v) is 8.78. The van der Waals surface area contributed by atoms with E-state index in [-0.39, 0.29) is 11.0 Å². The lowest BCUT2D eigenvalue weighted by atomic mass is 9.93. The standard InChI is InChI=1S/C18H22N2O2S/c1-11-5-14-13(7-16(21)22-15(14)6-12(11)2)8-23-17-19-9-18(3,4)10-20-17/h5-7H,8-10H2,1-4H3,(H,19,20). The second kappa shape index (κ2) is 6.04. The second-order valence-electron chi connectivity index (χ2n) is 6.95. The molecule has 0 amide bonds. The largest absolute Gasteiger partial charge is 0.423 e. The monoisotopic (exact) mass is 330 g/mol. The number of nitrogens with zero attached hydrogens (tertiary/aromatic N) is 1. The highest BCUT2D eigenvalue weighted by molar-refractivity contribution is 8.13. The van der Waals surface area contributed by atoms with Crippen molar-refractivity contribution in [2.45, 2.75) is 33.4 Å². The molecular weight excluding hydrogens is 308 g/mol. The number of aryl methyl sites for hydroxylation is 2. The van der Waals surface area contributed by atoms with Gasteiger partial charge in [-0.25, -0.2) is 4.79 Å². The lowest BCUT2D eigenvalue weighted by molar-refractivity contribution is 0.364. The van der Waals surface area contributed by atoms with Crippen molar-refractivity contribution in [1.82, 2.24) is 5.32 Å². The van der Waals surface area contributed by atoms with Crippen molar-refractivity contribution in [3.8, 4) is 0 Å². The predicted octanol–water partition coefficient (Wildman–Crippen LogP) is 3.63. The van der Waals surface area contributed by atoms with Crippen LogP contribution < -0.4 is 10.9 Å². The molecule has 0 saturated heterocycles. The molecule has 1 N–H and O–H groups in total. The van der Waals surface area contributed by atoms with Gasteiger partial charge in [0.2, 0.25) is 0 Å². The molecule has 0 unspecified atom stereocenters. The molecule has 0 spiro atoms. The van der Waals surface area contributed by atoms with Crippen LogP contribution in [0.1, 0.15) is 30.5 Å². The Bertz CT molecular complexity index is 837. The molecule has 4 nitrogen and oxygen atoms in total. The molecule has 5 heteroatoms. The number of aliphatic imine (C=N–C) groups is 1. The summed E-state index contributed by atoms with van der Waals surface area (Å²) in [6.07, 6.45) is 0. The Morgan fingerprint density at radius 3 is 2.70 bits per heavy atom. The van der Waals surface area contributed by atoms with Crippen LogP contribution in [0.4, 0.5) is 0 Å². The van der Waals surface area contributed by atoms with E-state index in [9.17, 15) is 4.79 Å². The lowest BCUT2D eigenvalue weighted by Gasteiger charge is -2.28. The van der Waals surface area contributed by atoms with Crippen molar-refractivity contribution in [3.05, 3.63) is 45.3 Å². The molecule has 0 aliphatic carbocycles. The van der Waals surface area contributed by atoms with Gasteiger partial charge in [-0.3, -0.25) is 4.99 Å². The van der Waals surface area contributed by atoms with Gasteiger partial charge in [-0.05, 0) is 42.7 Å². The summed E-state index contributed by atoms with van der Waals surface area (Å²) in [6, 6.07) is 5.64. The molecule has 3 rings (SSSR count). The van der Waals surface area contributed by atoms with Gasteiger partial charge < -0.3 is 9.73 Å². The minimum absolute atomic E-state index is 0.208. The Hall–Kier alpha value is -1.75. The van der Waals surface area contributed by atoms with Crippen LogP contribution in [0.15, 0.2) is 32.4 Å². The summed E-state index contributed by atoms with van der Waals surface area (Å²) < 4.78 is 5.35. The number of hydrogen-bond acceptors (Lipinski definition) is 5. The van der Waals surface area contributed by atoms with Crippen LogP contribution in [0.5, 0.6) is 0 Å². The number of rotatable bonds is 2. The summed E-state index contributed by atoms with van der Waals surface area (Å²) in [7, 11) is 0. The summed E-state index contributed by atoms with van der Waals surface area (Å²) in [4.78, 5) is 16.4. The van der Waals surface area contributed by atoms with Crippen LogP contribution in [0.3, 0.4) is 0 Å². The molecule has 122 valence electrons. The maximum absolute atomic E-state index is 11.8. The molecule has 1 aliphatic rings. The van der Waals surface area contributed by atoms with Crippen LogP contribution >= 0.6 is 11.8 Å². The fraction of sp³-hybridized carbons (Fsp3) is 0.444. The fourth-order valence-corrected chi connectivity index (χ4v) is 3.42. The molecule has 23 heavy (non-hydrogen) atoms. The van der Waals surface area contributed by atoms with Crippen LogP contribution in [-0.2, 0) is 5.75 Å². The molecule has 0 atom stereocenters. The minimum Gasteiger partial charge on any atom is -0.423 e. The molecule has 1 aromatic carbocycles. The number of hydrogen-bond donors (Lipinski definition) is 1. The van der Waals surface area contributed by atoms with E-state index in [1.165, 1.54) is 5.56 Å². The normalized spacial score (nSPS) is 17.0. The highest BCUT2D eigenvalue weighted by atomic mass is 32.2. The second-order valence-corrected chi connectivity index (χ2v) is 7.92. The summed E-state index contributed by atoms with van der Waals surface area (Å²) in [6.45, 7) is 10.3. The van der Waals surface area contributed by atoms with E-state index in [2.05, 4.69) is 37.1 Å². The van der Waals surface area contributed by atoms with Gasteiger partial charge in [0.15, 0.2) is 5.17 Å². The van der Waals surface area contributed by atoms with Crippen LogP contribution in [-0.4, -0.2) is 18.3 Å². The summed E-state index contributed by atoms with van der Waals surface area (Å²) in [5, 5.41) is 5.34. The topological polar surface area (TPSA) is 54.6 Å². The maximum Gasteiger partial charge on any atom is 0.336 e. The molecule has 0 fully saturated rings. The Kier molecular flexibility index (Phi) is 4.23. The van der Waals surface area contributed by atoms with E-state index >= 15 is 0 Å². The van der Waals surface area contributed by atoms with Gasteiger partial charge in [0.05, 0.1) is 0 Å². The molecule has 0 saturated carbocycles. The predicted molar refractivity (Wildman–Crippen MR) is 97.3 cm³/mol. The molecular formula is C18H22N2O2S. The van der Waals surface area contributed by atoms with Gasteiger partial charge in [-0.2, -0.15) is 0 Å². The highest BCUT2D eigenvalue weighted by Gasteiger charge is 2.22.